The lowest BCUT2D eigenvalue weighted by Crippen LogP contribution is -2.53. The molecule has 0 aromatic heterocycles. The van der Waals surface area contributed by atoms with E-state index in [0.29, 0.717) is 21.9 Å². The van der Waals surface area contributed by atoms with Gasteiger partial charge in [-0.3, -0.25) is 29.5 Å². The van der Waals surface area contributed by atoms with E-state index >= 15 is 4.79 Å². The summed E-state index contributed by atoms with van der Waals surface area (Å²) in [5.74, 6) is -5.09. The van der Waals surface area contributed by atoms with Crippen molar-refractivity contribution in [2.75, 3.05) is 26.7 Å². The van der Waals surface area contributed by atoms with Gasteiger partial charge in [-0.05, 0) is 72.4 Å². The first-order chi connectivity index (χ1) is 22.9. The minimum Gasteiger partial charge on any atom is -0.503 e. The molecule has 3 fully saturated rings. The lowest BCUT2D eigenvalue weighted by Gasteiger charge is -2.50. The Morgan fingerprint density at radius 3 is 2.27 bits per heavy atom. The van der Waals surface area contributed by atoms with Crippen LogP contribution in [0, 0.1) is 23.7 Å². The molecule has 7 rings (SSSR count). The Morgan fingerprint density at radius 2 is 1.60 bits per heavy atom. The zero-order valence-corrected chi connectivity index (χ0v) is 28.3. The topological polar surface area (TPSA) is 125 Å². The number of rotatable bonds is 6. The Hall–Kier alpha value is -4.25. The first-order valence-corrected chi connectivity index (χ1v) is 16.4. The van der Waals surface area contributed by atoms with Gasteiger partial charge < -0.3 is 14.6 Å². The second kappa shape index (κ2) is 11.7. The Kier molecular flexibility index (Phi) is 7.89. The molecule has 2 aliphatic heterocycles. The van der Waals surface area contributed by atoms with E-state index in [1.54, 1.807) is 48.5 Å². The van der Waals surface area contributed by atoms with Gasteiger partial charge in [0.1, 0.15) is 5.75 Å². The Morgan fingerprint density at radius 1 is 0.875 bits per heavy atom. The number of amides is 4. The van der Waals surface area contributed by atoms with Crippen LogP contribution in [0.25, 0.3) is 0 Å². The van der Waals surface area contributed by atoms with Crippen molar-refractivity contribution in [3.8, 4) is 17.2 Å². The van der Waals surface area contributed by atoms with Crippen LogP contribution in [0.5, 0.6) is 17.2 Å². The third-order valence-electron chi connectivity index (χ3n) is 10.4. The molecule has 6 atom stereocenters. The number of hydrazine groups is 1. The summed E-state index contributed by atoms with van der Waals surface area (Å²) >= 11 is 19.2. The number of benzene rings is 3. The van der Waals surface area contributed by atoms with E-state index in [9.17, 15) is 19.5 Å². The minimum absolute atomic E-state index is 0.0197. The number of phenols is 1. The van der Waals surface area contributed by atoms with Gasteiger partial charge in [-0.1, -0.05) is 58.6 Å². The predicted molar refractivity (Wildman–Crippen MR) is 178 cm³/mol. The van der Waals surface area contributed by atoms with Crippen LogP contribution in [0.4, 0.5) is 5.69 Å². The van der Waals surface area contributed by atoms with E-state index in [2.05, 4.69) is 5.43 Å². The largest absolute Gasteiger partial charge is 0.503 e. The van der Waals surface area contributed by atoms with Crippen LogP contribution in [0.3, 0.4) is 0 Å². The van der Waals surface area contributed by atoms with Gasteiger partial charge in [0.15, 0.2) is 11.5 Å². The third kappa shape index (κ3) is 4.53. The van der Waals surface area contributed by atoms with Crippen molar-refractivity contribution in [1.82, 2.24) is 9.91 Å². The second-order valence-corrected chi connectivity index (χ2v) is 13.8. The molecule has 13 heteroatoms. The van der Waals surface area contributed by atoms with Crippen molar-refractivity contribution in [2.45, 2.75) is 24.2 Å². The normalized spacial score (nSPS) is 27.8. The molecule has 2 saturated heterocycles. The van der Waals surface area contributed by atoms with E-state index in [4.69, 9.17) is 44.3 Å². The molecule has 2 heterocycles. The number of hydrogen-bond donors (Lipinski definition) is 2. The highest BCUT2D eigenvalue weighted by Gasteiger charge is 2.70. The van der Waals surface area contributed by atoms with Gasteiger partial charge in [-0.25, -0.2) is 0 Å². The maximum atomic E-state index is 15.2. The zero-order valence-electron chi connectivity index (χ0n) is 26.0. The number of fused-ring (bicyclic) bond motifs is 4. The summed E-state index contributed by atoms with van der Waals surface area (Å²) in [4.78, 5) is 58.0. The molecule has 4 aliphatic rings. The fourth-order valence-electron chi connectivity index (χ4n) is 8.29. The van der Waals surface area contributed by atoms with Crippen molar-refractivity contribution in [1.29, 1.82) is 0 Å². The smallest absolute Gasteiger partial charge is 0.260 e. The number of anilines is 1. The Balaban J connectivity index is 1.50. The van der Waals surface area contributed by atoms with E-state index < -0.39 is 46.8 Å². The summed E-state index contributed by atoms with van der Waals surface area (Å²) in [7, 11) is 4.39. The summed E-state index contributed by atoms with van der Waals surface area (Å²) in [5, 5.41) is 12.2. The average Bonchev–Trinajstić information content (AvgIpc) is 3.43. The van der Waals surface area contributed by atoms with E-state index in [1.165, 1.54) is 27.3 Å². The van der Waals surface area contributed by atoms with E-state index in [0.717, 1.165) is 15.5 Å². The number of halogens is 3. The number of carbonyl (C=O) groups excluding carboxylic acids is 4. The van der Waals surface area contributed by atoms with Gasteiger partial charge in [-0.2, -0.15) is 5.01 Å². The number of allylic oxidation sites excluding steroid dienone is 2. The first-order valence-electron chi connectivity index (χ1n) is 15.3. The van der Waals surface area contributed by atoms with Crippen LogP contribution in [-0.2, 0) is 24.6 Å². The first kappa shape index (κ1) is 32.3. The molecule has 2 N–H and O–H groups in total. The van der Waals surface area contributed by atoms with Gasteiger partial charge in [-0.15, -0.1) is 0 Å². The standard InChI is InChI=1S/C35H30Cl3N3O7/c1-40-31(43)21-10-9-20-22(28(21)33(40)45)15-23-32(44)41(39-26-11-6-18(36)14-24(26)37)34(46)35(23,17-4-7-19(47-2)8-5-17)29(20)16-12-25(38)30(42)27(13-16)48-3/h4-9,11-14,21-23,28-29,39,42H,10,15H2,1-3H3/t21-,22+,23-,28-,29-,35+/m0/s1. The third-order valence-corrected chi connectivity index (χ3v) is 11.2. The number of nitrogens with one attached hydrogen (secondary N) is 1. The molecule has 48 heavy (non-hydrogen) atoms. The molecule has 0 unspecified atom stereocenters. The molecule has 248 valence electrons. The Labute approximate surface area is 291 Å². The Bertz CT molecular complexity index is 1930. The van der Waals surface area contributed by atoms with Crippen LogP contribution in [0.15, 0.2) is 66.2 Å². The fraction of sp³-hybridized carbons (Fsp3) is 0.314. The van der Waals surface area contributed by atoms with E-state index in [1.807, 2.05) is 6.08 Å². The molecule has 1 saturated carbocycles. The molecule has 2 aliphatic carbocycles. The van der Waals surface area contributed by atoms with Gasteiger partial charge in [0.25, 0.3) is 11.8 Å². The summed E-state index contributed by atoms with van der Waals surface area (Å²) in [5.41, 5.74) is 3.41. The van der Waals surface area contributed by atoms with Crippen molar-refractivity contribution >= 4 is 64.1 Å². The summed E-state index contributed by atoms with van der Waals surface area (Å²) in [6.07, 6.45) is 2.32. The molecule has 0 bridgehead atoms. The van der Waals surface area contributed by atoms with Gasteiger partial charge >= 0.3 is 0 Å². The molecule has 3 aromatic carbocycles. The van der Waals surface area contributed by atoms with Gasteiger partial charge in [0.05, 0.1) is 53.1 Å². The van der Waals surface area contributed by atoms with E-state index in [-0.39, 0.29) is 51.9 Å². The SMILES string of the molecule is COc1ccc([C@@]23C(=O)N(Nc4ccc(Cl)cc4Cl)C(=O)[C@@H]2C[C@@H]2C(=CC[C@@H]4C(=O)N(C)C(=O)[C@@H]42)[C@@H]3c2cc(Cl)c(O)c(OC)c2)cc1. The number of likely N-dealkylation sites (tertiary alicyclic amines) is 1. The van der Waals surface area contributed by atoms with Gasteiger partial charge in [0.2, 0.25) is 11.8 Å². The number of methoxy groups -OCH3 is 2. The number of carbonyl (C=O) groups is 4. The molecule has 0 radical (unpaired) electrons. The summed E-state index contributed by atoms with van der Waals surface area (Å²) in [6, 6.07) is 14.8. The number of hydrogen-bond acceptors (Lipinski definition) is 8. The number of ether oxygens (including phenoxy) is 2. The highest BCUT2D eigenvalue weighted by atomic mass is 35.5. The summed E-state index contributed by atoms with van der Waals surface area (Å²) < 4.78 is 10.9. The van der Waals surface area contributed by atoms with Crippen molar-refractivity contribution < 1.29 is 33.8 Å². The number of aromatic hydroxyl groups is 1. The maximum absolute atomic E-state index is 15.2. The predicted octanol–water partition coefficient (Wildman–Crippen LogP) is 5.98. The fourth-order valence-corrected chi connectivity index (χ4v) is 8.96. The summed E-state index contributed by atoms with van der Waals surface area (Å²) in [6.45, 7) is 0. The van der Waals surface area contributed by atoms with Crippen LogP contribution in [0.1, 0.15) is 29.9 Å². The highest BCUT2D eigenvalue weighted by Crippen LogP contribution is 2.64. The molecule has 10 nitrogen and oxygen atoms in total. The minimum atomic E-state index is -1.58. The number of imide groups is 2. The van der Waals surface area contributed by atoms with Crippen LogP contribution < -0.4 is 14.9 Å². The lowest BCUT2D eigenvalue weighted by molar-refractivity contribution is -0.140. The van der Waals surface area contributed by atoms with Crippen LogP contribution in [0.2, 0.25) is 15.1 Å². The number of nitrogens with zero attached hydrogens (tertiary/aromatic N) is 2. The lowest BCUT2D eigenvalue weighted by atomic mass is 9.49. The van der Waals surface area contributed by atoms with Crippen LogP contribution in [-0.4, -0.2) is 59.9 Å². The molecule has 3 aromatic rings. The van der Waals surface area contributed by atoms with Crippen molar-refractivity contribution in [2.24, 2.45) is 23.7 Å². The van der Waals surface area contributed by atoms with Crippen LogP contribution >= 0.6 is 34.8 Å². The van der Waals surface area contributed by atoms with Crippen molar-refractivity contribution in [3.05, 3.63) is 92.4 Å². The average molecular weight is 711 g/mol. The van der Waals surface area contributed by atoms with Gasteiger partial charge in [0, 0.05) is 18.0 Å². The monoisotopic (exact) mass is 709 g/mol. The molecule has 4 amide bonds. The van der Waals surface area contributed by atoms with Crippen molar-refractivity contribution in [3.63, 3.8) is 0 Å². The number of phenolic OH excluding ortho intramolecular Hbond substituents is 1. The molecular weight excluding hydrogens is 681 g/mol. The quantitative estimate of drug-likeness (QED) is 0.236. The highest BCUT2D eigenvalue weighted by molar-refractivity contribution is 6.36. The maximum Gasteiger partial charge on any atom is 0.260 e. The second-order valence-electron chi connectivity index (χ2n) is 12.5. The zero-order chi connectivity index (χ0) is 34.2. The molecular formula is C35H30Cl3N3O7. The molecule has 0 spiro atoms.